The highest BCUT2D eigenvalue weighted by atomic mass is 16.5. The molecule has 124 valence electrons. The second-order valence-corrected chi connectivity index (χ2v) is 5.52. The first kappa shape index (κ1) is 17.0. The molecule has 0 unspecified atom stereocenters. The zero-order valence-electron chi connectivity index (χ0n) is 13.9. The number of rotatable bonds is 7. The van der Waals surface area contributed by atoms with Crippen LogP contribution in [0.2, 0.25) is 0 Å². The molecule has 0 aliphatic heterocycles. The molecule has 0 aromatic carbocycles. The summed E-state index contributed by atoms with van der Waals surface area (Å²) < 4.78 is 10.3. The number of nitrogens with zero attached hydrogens (tertiary/aromatic N) is 1. The third kappa shape index (κ3) is 3.90. The number of furan rings is 1. The zero-order chi connectivity index (χ0) is 17.0. The second-order valence-electron chi connectivity index (χ2n) is 5.52. The molecule has 2 aromatic heterocycles. The Morgan fingerprint density at radius 3 is 2.70 bits per heavy atom. The molecule has 6 heteroatoms. The fraction of sp³-hybridized carbons (Fsp3) is 0.412. The van der Waals surface area contributed by atoms with Crippen LogP contribution in [0.4, 0.5) is 0 Å². The maximum absolute atomic E-state index is 12.5. The number of carbonyl (C=O) groups is 2. The van der Waals surface area contributed by atoms with Crippen LogP contribution in [-0.4, -0.2) is 41.8 Å². The summed E-state index contributed by atoms with van der Waals surface area (Å²) in [6.07, 6.45) is 1.61. The minimum Gasteiger partial charge on any atom is -0.468 e. The summed E-state index contributed by atoms with van der Waals surface area (Å²) in [5.41, 5.74) is 2.19. The van der Waals surface area contributed by atoms with Crippen LogP contribution in [0.25, 0.3) is 0 Å². The van der Waals surface area contributed by atoms with Gasteiger partial charge in [0.1, 0.15) is 5.76 Å². The lowest BCUT2D eigenvalue weighted by atomic mass is 10.1. The lowest BCUT2D eigenvalue weighted by Gasteiger charge is -2.13. The number of aromatic nitrogens is 1. The van der Waals surface area contributed by atoms with Gasteiger partial charge in [-0.1, -0.05) is 0 Å². The number of Topliss-reactive ketones (excluding diaryl/α,β-unsaturated/α-hetero) is 1. The maximum Gasteiger partial charge on any atom is 0.340 e. The molecule has 0 radical (unpaired) electrons. The van der Waals surface area contributed by atoms with E-state index in [2.05, 4.69) is 4.98 Å². The van der Waals surface area contributed by atoms with E-state index in [1.807, 2.05) is 24.1 Å². The van der Waals surface area contributed by atoms with E-state index < -0.39 is 5.97 Å². The first-order chi connectivity index (χ1) is 10.9. The van der Waals surface area contributed by atoms with Crippen molar-refractivity contribution in [1.82, 2.24) is 9.88 Å². The zero-order valence-corrected chi connectivity index (χ0v) is 13.9. The van der Waals surface area contributed by atoms with Gasteiger partial charge in [0.2, 0.25) is 0 Å². The minimum absolute atomic E-state index is 0.0739. The number of likely N-dealkylation sites (N-methyl/N-ethyl adjacent to an activating group) is 1. The van der Waals surface area contributed by atoms with Crippen molar-refractivity contribution >= 4 is 11.8 Å². The van der Waals surface area contributed by atoms with Crippen LogP contribution in [-0.2, 0) is 11.3 Å². The molecular formula is C17H22N2O4. The van der Waals surface area contributed by atoms with Crippen molar-refractivity contribution in [3.05, 3.63) is 46.7 Å². The lowest BCUT2D eigenvalue weighted by Crippen LogP contribution is -2.26. The molecular weight excluding hydrogens is 296 g/mol. The molecule has 23 heavy (non-hydrogen) atoms. The molecule has 1 N–H and O–H groups in total. The van der Waals surface area contributed by atoms with Crippen LogP contribution in [0.15, 0.2) is 22.8 Å². The largest absolute Gasteiger partial charge is 0.468 e. The van der Waals surface area contributed by atoms with Crippen molar-refractivity contribution in [1.29, 1.82) is 0 Å². The Bertz CT molecular complexity index is 686. The number of nitrogens with one attached hydrogen (secondary N) is 1. The van der Waals surface area contributed by atoms with Gasteiger partial charge < -0.3 is 14.1 Å². The van der Waals surface area contributed by atoms with E-state index in [9.17, 15) is 9.59 Å². The average molecular weight is 318 g/mol. The molecule has 2 heterocycles. The van der Waals surface area contributed by atoms with Crippen molar-refractivity contribution in [3.63, 3.8) is 0 Å². The Labute approximate surface area is 135 Å². The normalized spacial score (nSPS) is 11.0. The third-order valence-electron chi connectivity index (χ3n) is 3.62. The van der Waals surface area contributed by atoms with E-state index in [1.54, 1.807) is 27.0 Å². The Morgan fingerprint density at radius 2 is 2.09 bits per heavy atom. The minimum atomic E-state index is -0.401. The van der Waals surface area contributed by atoms with E-state index >= 15 is 0 Å². The van der Waals surface area contributed by atoms with Crippen LogP contribution in [0.1, 0.15) is 44.8 Å². The third-order valence-corrected chi connectivity index (χ3v) is 3.62. The Kier molecular flexibility index (Phi) is 5.39. The molecule has 6 nitrogen and oxygen atoms in total. The molecule has 0 fully saturated rings. The van der Waals surface area contributed by atoms with Crippen molar-refractivity contribution in [3.8, 4) is 0 Å². The average Bonchev–Trinajstić information content (AvgIpc) is 3.07. The van der Waals surface area contributed by atoms with Crippen molar-refractivity contribution in [2.24, 2.45) is 0 Å². The number of esters is 1. The Balaban J connectivity index is 2.10. The fourth-order valence-electron chi connectivity index (χ4n) is 2.59. The van der Waals surface area contributed by atoms with Gasteiger partial charge in [-0.05, 0) is 45.5 Å². The SMILES string of the molecule is CCOC(=O)c1c(C)[nH]c(C(=O)CN(C)Cc2ccco2)c1C. The molecule has 0 amide bonds. The number of carbonyl (C=O) groups excluding carboxylic acids is 2. The summed E-state index contributed by atoms with van der Waals surface area (Å²) in [4.78, 5) is 29.4. The highest BCUT2D eigenvalue weighted by Gasteiger charge is 2.23. The molecule has 2 aromatic rings. The number of ketones is 1. The molecule has 0 aliphatic carbocycles. The van der Waals surface area contributed by atoms with Gasteiger partial charge in [-0.3, -0.25) is 9.69 Å². The quantitative estimate of drug-likeness (QED) is 0.627. The van der Waals surface area contributed by atoms with Crippen LogP contribution < -0.4 is 0 Å². The molecule has 0 saturated heterocycles. The van der Waals surface area contributed by atoms with E-state index in [-0.39, 0.29) is 12.3 Å². The van der Waals surface area contributed by atoms with Gasteiger partial charge in [-0.15, -0.1) is 0 Å². The van der Waals surface area contributed by atoms with Gasteiger partial charge in [0, 0.05) is 5.69 Å². The molecule has 2 rings (SSSR count). The second kappa shape index (κ2) is 7.28. The molecule has 0 spiro atoms. The van der Waals surface area contributed by atoms with Crippen LogP contribution in [0, 0.1) is 13.8 Å². The summed E-state index contributed by atoms with van der Waals surface area (Å²) in [7, 11) is 1.85. The van der Waals surface area contributed by atoms with Gasteiger partial charge >= 0.3 is 5.97 Å². The highest BCUT2D eigenvalue weighted by Crippen LogP contribution is 2.20. The summed E-state index contributed by atoms with van der Waals surface area (Å²) in [6, 6.07) is 3.68. The number of aryl methyl sites for hydroxylation is 1. The van der Waals surface area contributed by atoms with Crippen LogP contribution in [0.5, 0.6) is 0 Å². The van der Waals surface area contributed by atoms with Crippen LogP contribution >= 0.6 is 0 Å². The molecule has 0 saturated carbocycles. The fourth-order valence-corrected chi connectivity index (χ4v) is 2.59. The summed E-state index contributed by atoms with van der Waals surface area (Å²) in [5, 5.41) is 0. The first-order valence-corrected chi connectivity index (χ1v) is 7.54. The first-order valence-electron chi connectivity index (χ1n) is 7.54. The van der Waals surface area contributed by atoms with Gasteiger partial charge in [-0.2, -0.15) is 0 Å². The van der Waals surface area contributed by atoms with Crippen molar-refractivity contribution in [2.45, 2.75) is 27.3 Å². The summed E-state index contributed by atoms with van der Waals surface area (Å²) in [6.45, 7) is 6.35. The van der Waals surface area contributed by atoms with E-state index in [1.165, 1.54) is 0 Å². The van der Waals surface area contributed by atoms with Crippen molar-refractivity contribution in [2.75, 3.05) is 20.2 Å². The smallest absolute Gasteiger partial charge is 0.340 e. The number of hydrogen-bond acceptors (Lipinski definition) is 5. The summed E-state index contributed by atoms with van der Waals surface area (Å²) >= 11 is 0. The maximum atomic E-state index is 12.5. The van der Waals surface area contributed by atoms with Crippen LogP contribution in [0.3, 0.4) is 0 Å². The number of hydrogen-bond donors (Lipinski definition) is 1. The molecule has 0 atom stereocenters. The summed E-state index contributed by atoms with van der Waals surface area (Å²) in [5.74, 6) is 0.323. The Morgan fingerprint density at radius 1 is 1.35 bits per heavy atom. The molecule has 0 aliphatic rings. The highest BCUT2D eigenvalue weighted by molar-refractivity contribution is 6.02. The lowest BCUT2D eigenvalue weighted by molar-refractivity contribution is 0.0525. The number of aromatic amines is 1. The van der Waals surface area contributed by atoms with E-state index in [0.717, 1.165) is 5.76 Å². The van der Waals surface area contributed by atoms with Gasteiger partial charge in [-0.25, -0.2) is 4.79 Å². The molecule has 0 bridgehead atoms. The number of H-pyrrole nitrogens is 1. The standard InChI is InChI=1S/C17H22N2O4/c1-5-22-17(21)15-11(2)16(18-12(15)3)14(20)10-19(4)9-13-7-6-8-23-13/h6-8,18H,5,9-10H2,1-4H3. The van der Waals surface area contributed by atoms with Gasteiger partial charge in [0.15, 0.2) is 5.78 Å². The van der Waals surface area contributed by atoms with Gasteiger partial charge in [0.05, 0.1) is 37.2 Å². The predicted octanol–water partition coefficient (Wildman–Crippen LogP) is 2.72. The van der Waals surface area contributed by atoms with Crippen molar-refractivity contribution < 1.29 is 18.7 Å². The Hall–Kier alpha value is -2.34. The predicted molar refractivity (Wildman–Crippen MR) is 85.6 cm³/mol. The number of ether oxygens (including phenoxy) is 1. The van der Waals surface area contributed by atoms with E-state index in [0.29, 0.717) is 35.7 Å². The topological polar surface area (TPSA) is 75.5 Å². The monoisotopic (exact) mass is 318 g/mol. The van der Waals surface area contributed by atoms with Gasteiger partial charge in [0.25, 0.3) is 0 Å². The van der Waals surface area contributed by atoms with E-state index in [4.69, 9.17) is 9.15 Å².